The molecule has 0 bridgehead atoms. The second-order valence-electron chi connectivity index (χ2n) is 11.5. The highest BCUT2D eigenvalue weighted by Crippen LogP contribution is 2.47. The van der Waals surface area contributed by atoms with Gasteiger partial charge in [0.25, 0.3) is 0 Å². The highest BCUT2D eigenvalue weighted by molar-refractivity contribution is 5.99. The van der Waals surface area contributed by atoms with Gasteiger partial charge in [-0.05, 0) is 54.6 Å². The molecule has 0 aromatic heterocycles. The fourth-order valence-corrected chi connectivity index (χ4v) is 6.19. The average molecular weight is 499 g/mol. The number of aliphatic imine (C=N–C) groups is 1. The van der Waals surface area contributed by atoms with Gasteiger partial charge in [-0.25, -0.2) is 4.99 Å². The smallest absolute Gasteiger partial charge is 0.231 e. The second kappa shape index (κ2) is 10.1. The van der Waals surface area contributed by atoms with Crippen molar-refractivity contribution in [2.24, 2.45) is 28.0 Å². The van der Waals surface area contributed by atoms with Crippen molar-refractivity contribution in [2.45, 2.75) is 89.9 Å². The molecular weight excluding hydrogens is 456 g/mol. The summed E-state index contributed by atoms with van der Waals surface area (Å²) >= 11 is 0. The molecule has 4 N–H and O–H groups in total. The van der Waals surface area contributed by atoms with Gasteiger partial charge in [0.2, 0.25) is 11.8 Å². The Morgan fingerprint density at radius 3 is 2.61 bits per heavy atom. The zero-order valence-electron chi connectivity index (χ0n) is 22.3. The second-order valence-corrected chi connectivity index (χ2v) is 11.5. The topological polar surface area (TPSA) is 117 Å². The van der Waals surface area contributed by atoms with E-state index in [1.807, 2.05) is 45.9 Å². The molecule has 1 saturated carbocycles. The number of methoxy groups -OCH3 is 1. The number of hydrogen-bond donors (Lipinski definition) is 3. The maximum atomic E-state index is 13.5. The van der Waals surface area contributed by atoms with Crippen LogP contribution in [0.4, 0.5) is 0 Å². The first kappa shape index (κ1) is 26.6. The zero-order chi connectivity index (χ0) is 26.3. The molecule has 0 unspecified atom stereocenters. The Morgan fingerprint density at radius 1 is 1.28 bits per heavy atom. The largest absolute Gasteiger partial charge is 0.390 e. The number of nitrogens with zero attached hydrogens (tertiary/aromatic N) is 2. The van der Waals surface area contributed by atoms with Gasteiger partial charge in [-0.3, -0.25) is 14.5 Å². The third kappa shape index (κ3) is 4.90. The quantitative estimate of drug-likeness (QED) is 0.484. The zero-order valence-corrected chi connectivity index (χ0v) is 22.3. The van der Waals surface area contributed by atoms with E-state index >= 15 is 0 Å². The van der Waals surface area contributed by atoms with E-state index in [2.05, 4.69) is 11.4 Å². The maximum absolute atomic E-state index is 13.5. The molecule has 36 heavy (non-hydrogen) atoms. The Kier molecular flexibility index (Phi) is 7.49. The van der Waals surface area contributed by atoms with Crippen LogP contribution in [-0.4, -0.2) is 59.2 Å². The molecule has 1 fully saturated rings. The van der Waals surface area contributed by atoms with Crippen LogP contribution in [0.25, 0.3) is 0 Å². The number of aliphatic hydroxyl groups is 1. The van der Waals surface area contributed by atoms with E-state index < -0.39 is 17.7 Å². The minimum Gasteiger partial charge on any atom is -0.390 e. The van der Waals surface area contributed by atoms with Crippen LogP contribution in [0.15, 0.2) is 29.3 Å². The summed E-state index contributed by atoms with van der Waals surface area (Å²) in [6.07, 6.45) is 3.14. The number of rotatable bonds is 9. The number of amides is 2. The lowest BCUT2D eigenvalue weighted by atomic mass is 9.69. The fraction of sp³-hybridized carbons (Fsp3) is 0.679. The van der Waals surface area contributed by atoms with Crippen molar-refractivity contribution in [1.29, 1.82) is 0 Å². The lowest BCUT2D eigenvalue weighted by Crippen LogP contribution is -2.56. The summed E-state index contributed by atoms with van der Waals surface area (Å²) in [4.78, 5) is 33.1. The molecule has 2 amide bonds. The van der Waals surface area contributed by atoms with Crippen molar-refractivity contribution in [3.05, 3.63) is 35.4 Å². The highest BCUT2D eigenvalue weighted by Gasteiger charge is 2.53. The molecule has 0 saturated heterocycles. The molecule has 1 aromatic carbocycles. The van der Waals surface area contributed by atoms with E-state index in [1.165, 1.54) is 0 Å². The molecule has 0 spiro atoms. The summed E-state index contributed by atoms with van der Waals surface area (Å²) in [5.74, 6) is -0.147. The lowest BCUT2D eigenvalue weighted by Gasteiger charge is -2.42. The van der Waals surface area contributed by atoms with Crippen molar-refractivity contribution in [3.8, 4) is 0 Å². The first-order valence-electron chi connectivity index (χ1n) is 13.3. The number of aliphatic hydroxyl groups excluding tert-OH is 1. The normalized spacial score (nSPS) is 29.2. The molecule has 0 radical (unpaired) electrons. The third-order valence-electron chi connectivity index (χ3n) is 8.73. The summed E-state index contributed by atoms with van der Waals surface area (Å²) in [6.45, 7) is 8.59. The molecule has 4 rings (SSSR count). The number of fused-ring (bicyclic) bond motifs is 1. The van der Waals surface area contributed by atoms with E-state index in [0.29, 0.717) is 25.9 Å². The van der Waals surface area contributed by atoms with Crippen LogP contribution in [-0.2, 0) is 20.7 Å². The third-order valence-corrected chi connectivity index (χ3v) is 8.73. The van der Waals surface area contributed by atoms with Crippen molar-refractivity contribution in [1.82, 2.24) is 10.2 Å². The number of carbonyl (C=O) groups excluding carboxylic acids is 2. The van der Waals surface area contributed by atoms with Crippen LogP contribution in [0.2, 0.25) is 0 Å². The van der Waals surface area contributed by atoms with Gasteiger partial charge in [0, 0.05) is 25.7 Å². The van der Waals surface area contributed by atoms with Crippen LogP contribution in [0.3, 0.4) is 0 Å². The van der Waals surface area contributed by atoms with Gasteiger partial charge in [0.05, 0.1) is 24.1 Å². The van der Waals surface area contributed by atoms with Crippen molar-refractivity contribution in [2.75, 3.05) is 13.7 Å². The molecule has 8 heteroatoms. The summed E-state index contributed by atoms with van der Waals surface area (Å²) in [6, 6.07) is 7.29. The number of benzene rings is 1. The van der Waals surface area contributed by atoms with Crippen molar-refractivity contribution >= 4 is 17.8 Å². The fourth-order valence-electron chi connectivity index (χ4n) is 6.19. The molecule has 1 aromatic rings. The summed E-state index contributed by atoms with van der Waals surface area (Å²) in [5.41, 5.74) is 7.72. The molecule has 8 nitrogen and oxygen atoms in total. The summed E-state index contributed by atoms with van der Waals surface area (Å²) < 4.78 is 5.34. The number of ether oxygens (including phenoxy) is 1. The van der Waals surface area contributed by atoms with E-state index in [-0.39, 0.29) is 41.1 Å². The average Bonchev–Trinajstić information content (AvgIpc) is 3.64. The molecule has 198 valence electrons. The Labute approximate surface area is 214 Å². The minimum absolute atomic E-state index is 0.0300. The van der Waals surface area contributed by atoms with Gasteiger partial charge in [0.15, 0.2) is 5.96 Å². The maximum Gasteiger partial charge on any atom is 0.231 e. The van der Waals surface area contributed by atoms with Gasteiger partial charge in [0.1, 0.15) is 0 Å². The van der Waals surface area contributed by atoms with E-state index in [9.17, 15) is 14.7 Å². The van der Waals surface area contributed by atoms with Crippen LogP contribution in [0.5, 0.6) is 0 Å². The van der Waals surface area contributed by atoms with Crippen LogP contribution in [0, 0.1) is 17.3 Å². The first-order chi connectivity index (χ1) is 17.1. The molecular formula is C28H42N4O4. The van der Waals surface area contributed by atoms with Crippen molar-refractivity contribution in [3.63, 3.8) is 0 Å². The molecule has 1 aliphatic heterocycles. The molecule has 1 heterocycles. The summed E-state index contributed by atoms with van der Waals surface area (Å²) in [7, 11) is 1.63. The lowest BCUT2D eigenvalue weighted by molar-refractivity contribution is -0.133. The number of nitrogens with two attached hydrogens (primary N) is 1. The van der Waals surface area contributed by atoms with Gasteiger partial charge in [-0.15, -0.1) is 0 Å². The van der Waals surface area contributed by atoms with Gasteiger partial charge in [-0.1, -0.05) is 52.0 Å². The Bertz CT molecular complexity index is 1020. The van der Waals surface area contributed by atoms with Crippen LogP contribution in [0.1, 0.15) is 77.0 Å². The predicted molar refractivity (Wildman–Crippen MR) is 139 cm³/mol. The highest BCUT2D eigenvalue weighted by atomic mass is 16.5. The Morgan fingerprint density at radius 2 is 1.97 bits per heavy atom. The van der Waals surface area contributed by atoms with E-state index in [1.54, 1.807) is 12.0 Å². The van der Waals surface area contributed by atoms with Crippen LogP contribution < -0.4 is 11.1 Å². The van der Waals surface area contributed by atoms with Crippen LogP contribution >= 0.6 is 0 Å². The number of hydrogen-bond acceptors (Lipinski definition) is 6. The van der Waals surface area contributed by atoms with E-state index in [0.717, 1.165) is 30.4 Å². The van der Waals surface area contributed by atoms with Gasteiger partial charge < -0.3 is 20.9 Å². The number of nitrogens with one attached hydrogen (secondary N) is 1. The van der Waals surface area contributed by atoms with Crippen molar-refractivity contribution < 1.29 is 19.4 Å². The number of carbonyl (C=O) groups is 2. The van der Waals surface area contributed by atoms with E-state index in [4.69, 9.17) is 15.5 Å². The molecule has 2 aliphatic carbocycles. The predicted octanol–water partition coefficient (Wildman–Crippen LogP) is 2.93. The summed E-state index contributed by atoms with van der Waals surface area (Å²) in [5, 5.41) is 14.3. The minimum atomic E-state index is -0.694. The Balaban J connectivity index is 1.53. The van der Waals surface area contributed by atoms with Gasteiger partial charge >= 0.3 is 0 Å². The SMILES string of the molecule is CCC1(CC)CC(=O)N([C@H](CCOC)[C@H]2C[C@@H]2C(=O)N[C@@H]2c3ccccc3CC(C)(C)[C@H]2O)C(N)=N1. The molecule has 5 atom stereocenters. The monoisotopic (exact) mass is 498 g/mol. The number of guanidine groups is 1. The standard InChI is InChI=1S/C28H42N4O4/c1-6-28(7-2)16-22(33)32(26(29)31-28)21(12-13-36-5)19-14-20(19)25(35)30-23-18-11-9-8-10-17(18)15-27(3,4)24(23)34/h8-11,19-21,23-24,34H,6-7,12-16H2,1-5H3,(H2,29,31)(H,30,35)/t19-,20-,21+,23+,24-/m0/s1. The first-order valence-corrected chi connectivity index (χ1v) is 13.3. The Hall–Kier alpha value is -2.45. The molecule has 3 aliphatic rings. The van der Waals surface area contributed by atoms with Gasteiger partial charge in [-0.2, -0.15) is 0 Å².